The minimum atomic E-state index is -4.74. The van der Waals surface area contributed by atoms with Crippen molar-refractivity contribution < 1.29 is 27.1 Å². The number of halogens is 4. The lowest BCUT2D eigenvalue weighted by molar-refractivity contribution is -0.136. The molecule has 3 N–H and O–H groups in total. The molecule has 0 aliphatic carbocycles. The van der Waals surface area contributed by atoms with Crippen LogP contribution < -0.4 is 15.8 Å². The van der Waals surface area contributed by atoms with Gasteiger partial charge >= 0.3 is 6.18 Å². The van der Waals surface area contributed by atoms with Crippen molar-refractivity contribution in [3.8, 4) is 17.1 Å². The SMILES string of the molecule is COc1ncc(-c2cc(C(F)(F)F)c3c(N)ncnn23)cc1C(=O)N[C@@H]1CN(C(C)c2cccnc2)C[C@@H]1F. The summed E-state index contributed by atoms with van der Waals surface area (Å²) in [5.74, 6) is -1.12. The minimum absolute atomic E-state index is 0.0173. The second kappa shape index (κ2) is 10.1. The Morgan fingerprint density at radius 2 is 2.03 bits per heavy atom. The number of aromatic nitrogens is 5. The zero-order valence-corrected chi connectivity index (χ0v) is 20.9. The van der Waals surface area contributed by atoms with E-state index in [-0.39, 0.29) is 47.7 Å². The van der Waals surface area contributed by atoms with Gasteiger partial charge in [0.2, 0.25) is 5.88 Å². The summed E-state index contributed by atoms with van der Waals surface area (Å²) in [6.45, 7) is 2.28. The van der Waals surface area contributed by atoms with Crippen molar-refractivity contribution in [2.75, 3.05) is 25.9 Å². The maximum atomic E-state index is 15.0. The summed E-state index contributed by atoms with van der Waals surface area (Å²) in [4.78, 5) is 27.1. The average molecular weight is 545 g/mol. The number of anilines is 1. The zero-order chi connectivity index (χ0) is 27.9. The number of alkyl halides is 4. The molecule has 1 saturated heterocycles. The molecule has 5 heterocycles. The summed E-state index contributed by atoms with van der Waals surface area (Å²) < 4.78 is 62.4. The zero-order valence-electron chi connectivity index (χ0n) is 20.9. The van der Waals surface area contributed by atoms with E-state index in [0.717, 1.165) is 22.5 Å². The van der Waals surface area contributed by atoms with Gasteiger partial charge in [0, 0.05) is 43.3 Å². The lowest BCUT2D eigenvalue weighted by Gasteiger charge is -2.24. The van der Waals surface area contributed by atoms with E-state index in [2.05, 4.69) is 25.4 Å². The van der Waals surface area contributed by atoms with Crippen LogP contribution in [0.1, 0.15) is 34.5 Å². The Kier molecular flexibility index (Phi) is 6.80. The maximum Gasteiger partial charge on any atom is 0.418 e. The summed E-state index contributed by atoms with van der Waals surface area (Å²) >= 11 is 0. The quantitative estimate of drug-likeness (QED) is 0.355. The molecular formula is C25H24F4N8O2. The van der Waals surface area contributed by atoms with Crippen LogP contribution in [0.4, 0.5) is 23.4 Å². The average Bonchev–Trinajstić information content (AvgIpc) is 3.50. The van der Waals surface area contributed by atoms with Gasteiger partial charge in [-0.2, -0.15) is 18.3 Å². The number of nitrogens with one attached hydrogen (secondary N) is 1. The van der Waals surface area contributed by atoms with Crippen LogP contribution in [0.25, 0.3) is 16.8 Å². The number of methoxy groups -OCH3 is 1. The van der Waals surface area contributed by atoms with Crippen molar-refractivity contribution in [1.29, 1.82) is 0 Å². The number of rotatable bonds is 6. The number of carbonyl (C=O) groups is 1. The Morgan fingerprint density at radius 3 is 2.72 bits per heavy atom. The third-order valence-electron chi connectivity index (χ3n) is 6.78. The number of fused-ring (bicyclic) bond motifs is 1. The van der Waals surface area contributed by atoms with Gasteiger partial charge < -0.3 is 15.8 Å². The molecule has 14 heteroatoms. The largest absolute Gasteiger partial charge is 0.480 e. The molecule has 0 spiro atoms. The highest BCUT2D eigenvalue weighted by atomic mass is 19.4. The third kappa shape index (κ3) is 4.94. The molecule has 1 amide bonds. The first-order chi connectivity index (χ1) is 18.6. The Balaban J connectivity index is 1.44. The topological polar surface area (TPSA) is 124 Å². The lowest BCUT2D eigenvalue weighted by atomic mass is 10.1. The van der Waals surface area contributed by atoms with E-state index in [9.17, 15) is 22.4 Å². The second-order valence-electron chi connectivity index (χ2n) is 9.14. The van der Waals surface area contributed by atoms with Gasteiger partial charge in [-0.15, -0.1) is 0 Å². The van der Waals surface area contributed by atoms with Crippen molar-refractivity contribution >= 4 is 17.2 Å². The van der Waals surface area contributed by atoms with Crippen LogP contribution in [-0.2, 0) is 6.18 Å². The number of nitrogens with two attached hydrogens (primary N) is 1. The van der Waals surface area contributed by atoms with Crippen molar-refractivity contribution in [2.24, 2.45) is 0 Å². The highest BCUT2D eigenvalue weighted by molar-refractivity contribution is 5.98. The van der Waals surface area contributed by atoms with Gasteiger partial charge in [-0.05, 0) is 30.7 Å². The summed E-state index contributed by atoms with van der Waals surface area (Å²) in [6, 6.07) is 4.92. The number of pyridine rings is 2. The molecule has 10 nitrogen and oxygen atoms in total. The van der Waals surface area contributed by atoms with Crippen molar-refractivity contribution in [3.05, 3.63) is 65.9 Å². The Bertz CT molecular complexity index is 1510. The summed E-state index contributed by atoms with van der Waals surface area (Å²) in [5, 5.41) is 6.61. The molecule has 1 unspecified atom stereocenters. The molecule has 1 fully saturated rings. The van der Waals surface area contributed by atoms with Crippen LogP contribution in [0.5, 0.6) is 5.88 Å². The number of ether oxygens (including phenoxy) is 1. The third-order valence-corrected chi connectivity index (χ3v) is 6.78. The number of hydrogen-bond donors (Lipinski definition) is 2. The second-order valence-corrected chi connectivity index (χ2v) is 9.14. The summed E-state index contributed by atoms with van der Waals surface area (Å²) in [6.07, 6.45) is -0.449. The van der Waals surface area contributed by atoms with E-state index in [1.54, 1.807) is 18.5 Å². The fourth-order valence-electron chi connectivity index (χ4n) is 4.73. The molecule has 0 radical (unpaired) electrons. The van der Waals surface area contributed by atoms with E-state index in [1.807, 2.05) is 17.9 Å². The smallest absolute Gasteiger partial charge is 0.418 e. The van der Waals surface area contributed by atoms with Gasteiger partial charge in [0.05, 0.1) is 24.4 Å². The molecule has 5 rings (SSSR count). The van der Waals surface area contributed by atoms with E-state index in [1.165, 1.54) is 19.4 Å². The summed E-state index contributed by atoms with van der Waals surface area (Å²) in [5.41, 5.74) is 5.23. The molecule has 4 aromatic heterocycles. The maximum absolute atomic E-state index is 15.0. The molecule has 3 atom stereocenters. The standard InChI is InChI=1S/C25H24F4N8O2/c1-13(14-4-3-5-31-8-14)36-10-18(26)19(11-36)35-23(38)16-6-15(9-32-24(16)39-2)20-7-17(25(27,28)29)21-22(30)33-12-34-37(20)21/h3-9,12-13,18-19H,10-11H2,1-2H3,(H,35,38)(H2,30,33,34)/t13?,18-,19+/m0/s1. The van der Waals surface area contributed by atoms with Gasteiger partial charge in [-0.1, -0.05) is 6.07 Å². The molecule has 4 aromatic rings. The normalized spacial score (nSPS) is 18.8. The number of hydrogen-bond acceptors (Lipinski definition) is 8. The number of carbonyl (C=O) groups excluding carboxylic acids is 1. The fourth-order valence-corrected chi connectivity index (χ4v) is 4.73. The lowest BCUT2D eigenvalue weighted by Crippen LogP contribution is -2.41. The first kappa shape index (κ1) is 26.3. The molecule has 0 bridgehead atoms. The van der Waals surface area contributed by atoms with E-state index in [0.29, 0.717) is 0 Å². The number of nitrogen functional groups attached to an aromatic ring is 1. The van der Waals surface area contributed by atoms with Gasteiger partial charge in [0.1, 0.15) is 23.6 Å². The van der Waals surface area contributed by atoms with Crippen LogP contribution in [0.2, 0.25) is 0 Å². The van der Waals surface area contributed by atoms with Gasteiger partial charge in [-0.25, -0.2) is 18.9 Å². The molecule has 0 saturated carbocycles. The van der Waals surface area contributed by atoms with E-state index >= 15 is 0 Å². The molecule has 204 valence electrons. The van der Waals surface area contributed by atoms with Crippen LogP contribution in [0, 0.1) is 0 Å². The van der Waals surface area contributed by atoms with E-state index in [4.69, 9.17) is 10.5 Å². The van der Waals surface area contributed by atoms with Crippen LogP contribution in [0.3, 0.4) is 0 Å². The number of likely N-dealkylation sites (tertiary alicyclic amines) is 1. The van der Waals surface area contributed by atoms with Crippen molar-refractivity contribution in [1.82, 2.24) is 34.8 Å². The van der Waals surface area contributed by atoms with Crippen LogP contribution >= 0.6 is 0 Å². The number of nitrogens with zero attached hydrogens (tertiary/aromatic N) is 6. The van der Waals surface area contributed by atoms with Crippen LogP contribution in [-0.4, -0.2) is 67.8 Å². The first-order valence-electron chi connectivity index (χ1n) is 11.9. The molecule has 1 aliphatic heterocycles. The van der Waals surface area contributed by atoms with Gasteiger partial charge in [0.25, 0.3) is 5.91 Å². The number of amides is 1. The highest BCUT2D eigenvalue weighted by Gasteiger charge is 2.38. The van der Waals surface area contributed by atoms with Gasteiger partial charge in [-0.3, -0.25) is 14.7 Å². The van der Waals surface area contributed by atoms with Crippen LogP contribution in [0.15, 0.2) is 49.2 Å². The predicted molar refractivity (Wildman–Crippen MR) is 133 cm³/mol. The molecule has 39 heavy (non-hydrogen) atoms. The van der Waals surface area contributed by atoms with Gasteiger partial charge in [0.15, 0.2) is 5.82 Å². The Labute approximate surface area is 219 Å². The fraction of sp³-hybridized carbons (Fsp3) is 0.320. The summed E-state index contributed by atoms with van der Waals surface area (Å²) in [7, 11) is 1.30. The molecule has 0 aromatic carbocycles. The monoisotopic (exact) mass is 544 g/mol. The Hall–Kier alpha value is -4.33. The van der Waals surface area contributed by atoms with Crippen molar-refractivity contribution in [2.45, 2.75) is 31.4 Å². The molecular weight excluding hydrogens is 520 g/mol. The molecule has 1 aliphatic rings. The first-order valence-corrected chi connectivity index (χ1v) is 11.9. The van der Waals surface area contributed by atoms with E-state index < -0.39 is 35.4 Å². The Morgan fingerprint density at radius 1 is 1.23 bits per heavy atom. The van der Waals surface area contributed by atoms with Crippen molar-refractivity contribution in [3.63, 3.8) is 0 Å². The highest BCUT2D eigenvalue weighted by Crippen LogP contribution is 2.39. The predicted octanol–water partition coefficient (Wildman–Crippen LogP) is 3.31. The minimum Gasteiger partial charge on any atom is -0.480 e.